The summed E-state index contributed by atoms with van der Waals surface area (Å²) in [6.07, 6.45) is 4.15. The van der Waals surface area contributed by atoms with Crippen molar-refractivity contribution < 1.29 is 4.79 Å². The lowest BCUT2D eigenvalue weighted by Gasteiger charge is -2.27. The van der Waals surface area contributed by atoms with E-state index in [1.165, 1.54) is 11.3 Å². The third-order valence-corrected chi connectivity index (χ3v) is 5.25. The van der Waals surface area contributed by atoms with Crippen LogP contribution in [-0.2, 0) is 5.41 Å². The molecule has 0 N–H and O–H groups in total. The molecule has 0 saturated heterocycles. The van der Waals surface area contributed by atoms with Gasteiger partial charge in [-0.25, -0.2) is 0 Å². The molecule has 0 radical (unpaired) electrons. The molecule has 1 aliphatic carbocycles. The summed E-state index contributed by atoms with van der Waals surface area (Å²) in [4.78, 5) is 13.7. The maximum absolute atomic E-state index is 12.9. The maximum atomic E-state index is 12.9. The van der Waals surface area contributed by atoms with Crippen LogP contribution in [0.5, 0.6) is 0 Å². The van der Waals surface area contributed by atoms with Crippen LogP contribution in [0.15, 0.2) is 42.5 Å². The minimum atomic E-state index is -0.324. The molecule has 1 saturated carbocycles. The van der Waals surface area contributed by atoms with Crippen molar-refractivity contribution in [3.63, 3.8) is 0 Å². The Hall–Kier alpha value is -1.12. The molecule has 0 bridgehead atoms. The summed E-state index contributed by atoms with van der Waals surface area (Å²) >= 11 is 7.36. The monoisotopic (exact) mass is 290 g/mol. The Morgan fingerprint density at radius 3 is 2.32 bits per heavy atom. The van der Waals surface area contributed by atoms with Gasteiger partial charge in [-0.15, -0.1) is 11.3 Å². The van der Waals surface area contributed by atoms with Crippen LogP contribution in [0.3, 0.4) is 0 Å². The fraction of sp³-hybridized carbons (Fsp3) is 0.312. The first-order valence-corrected chi connectivity index (χ1v) is 7.77. The highest BCUT2D eigenvalue weighted by Crippen LogP contribution is 2.44. The number of ketones is 1. The van der Waals surface area contributed by atoms with E-state index < -0.39 is 0 Å². The number of halogens is 1. The number of hydrogen-bond acceptors (Lipinski definition) is 2. The Morgan fingerprint density at radius 2 is 1.74 bits per heavy atom. The molecule has 1 aliphatic rings. The molecule has 0 atom stereocenters. The van der Waals surface area contributed by atoms with Crippen molar-refractivity contribution in [2.24, 2.45) is 0 Å². The van der Waals surface area contributed by atoms with Crippen molar-refractivity contribution >= 4 is 28.7 Å². The SMILES string of the molecule is O=C(c1ccc(Cl)s1)C1(c2ccccc2)CCCC1. The minimum Gasteiger partial charge on any atom is -0.292 e. The Labute approximate surface area is 122 Å². The second-order valence-electron chi connectivity index (χ2n) is 5.09. The van der Waals surface area contributed by atoms with E-state index in [2.05, 4.69) is 12.1 Å². The molecular formula is C16H15ClOS. The Balaban J connectivity index is 2.04. The van der Waals surface area contributed by atoms with Crippen molar-refractivity contribution in [2.45, 2.75) is 31.1 Å². The van der Waals surface area contributed by atoms with E-state index in [9.17, 15) is 4.79 Å². The normalized spacial score (nSPS) is 17.5. The molecule has 0 aliphatic heterocycles. The lowest BCUT2D eigenvalue weighted by molar-refractivity contribution is 0.0890. The van der Waals surface area contributed by atoms with Gasteiger partial charge in [0.2, 0.25) is 0 Å². The zero-order valence-electron chi connectivity index (χ0n) is 10.6. The summed E-state index contributed by atoms with van der Waals surface area (Å²) in [5.74, 6) is 0.244. The largest absolute Gasteiger partial charge is 0.292 e. The van der Waals surface area contributed by atoms with E-state index in [0.717, 1.165) is 36.1 Å². The van der Waals surface area contributed by atoms with Gasteiger partial charge in [-0.3, -0.25) is 4.79 Å². The number of hydrogen-bond donors (Lipinski definition) is 0. The van der Waals surface area contributed by atoms with Gasteiger partial charge in [0.15, 0.2) is 5.78 Å². The molecule has 1 aromatic heterocycles. The first kappa shape index (κ1) is 12.9. The molecule has 1 fully saturated rings. The molecule has 19 heavy (non-hydrogen) atoms. The summed E-state index contributed by atoms with van der Waals surface area (Å²) in [5.41, 5.74) is 0.831. The van der Waals surface area contributed by atoms with Gasteiger partial charge >= 0.3 is 0 Å². The van der Waals surface area contributed by atoms with Gasteiger partial charge in [0.05, 0.1) is 14.6 Å². The number of benzene rings is 1. The number of Topliss-reactive ketones (excluding diaryl/α,β-unsaturated/α-hetero) is 1. The van der Waals surface area contributed by atoms with Gasteiger partial charge in [-0.1, -0.05) is 54.8 Å². The fourth-order valence-corrected chi connectivity index (χ4v) is 4.14. The highest BCUT2D eigenvalue weighted by molar-refractivity contribution is 7.18. The second kappa shape index (κ2) is 5.10. The van der Waals surface area contributed by atoms with Gasteiger partial charge in [0, 0.05) is 0 Å². The van der Waals surface area contributed by atoms with Crippen molar-refractivity contribution in [3.05, 3.63) is 57.2 Å². The van der Waals surface area contributed by atoms with Crippen LogP contribution >= 0.6 is 22.9 Å². The first-order valence-electron chi connectivity index (χ1n) is 6.58. The minimum absolute atomic E-state index is 0.244. The van der Waals surface area contributed by atoms with E-state index in [0.29, 0.717) is 4.34 Å². The zero-order chi connectivity index (χ0) is 13.3. The van der Waals surface area contributed by atoms with Crippen LogP contribution in [0.4, 0.5) is 0 Å². The van der Waals surface area contributed by atoms with Crippen LogP contribution in [0.25, 0.3) is 0 Å². The third-order valence-electron chi connectivity index (χ3n) is 4.02. The topological polar surface area (TPSA) is 17.1 Å². The van der Waals surface area contributed by atoms with Crippen LogP contribution in [0, 0.1) is 0 Å². The predicted molar refractivity (Wildman–Crippen MR) is 80.2 cm³/mol. The highest BCUT2D eigenvalue weighted by atomic mass is 35.5. The molecule has 2 aromatic rings. The van der Waals surface area contributed by atoms with Crippen LogP contribution in [-0.4, -0.2) is 5.78 Å². The molecule has 1 heterocycles. The van der Waals surface area contributed by atoms with E-state index in [-0.39, 0.29) is 11.2 Å². The van der Waals surface area contributed by atoms with Crippen LogP contribution in [0.1, 0.15) is 40.9 Å². The van der Waals surface area contributed by atoms with Gasteiger partial charge in [0.25, 0.3) is 0 Å². The lowest BCUT2D eigenvalue weighted by atomic mass is 9.75. The van der Waals surface area contributed by atoms with Crippen molar-refractivity contribution in [2.75, 3.05) is 0 Å². The average molecular weight is 291 g/mol. The summed E-state index contributed by atoms with van der Waals surface area (Å²) in [6.45, 7) is 0. The smallest absolute Gasteiger partial charge is 0.183 e. The Bertz CT molecular complexity index is 582. The summed E-state index contributed by atoms with van der Waals surface area (Å²) < 4.78 is 0.685. The van der Waals surface area contributed by atoms with E-state index in [1.807, 2.05) is 30.3 Å². The number of carbonyl (C=O) groups excluding carboxylic acids is 1. The summed E-state index contributed by atoms with van der Waals surface area (Å²) in [6, 6.07) is 13.9. The summed E-state index contributed by atoms with van der Waals surface area (Å²) in [7, 11) is 0. The molecular weight excluding hydrogens is 276 g/mol. The van der Waals surface area contributed by atoms with Crippen LogP contribution < -0.4 is 0 Å². The van der Waals surface area contributed by atoms with Crippen molar-refractivity contribution in [1.82, 2.24) is 0 Å². The lowest BCUT2D eigenvalue weighted by Crippen LogP contribution is -2.32. The number of rotatable bonds is 3. The maximum Gasteiger partial charge on any atom is 0.183 e. The zero-order valence-corrected chi connectivity index (χ0v) is 12.1. The Kier molecular flexibility index (Phi) is 3.46. The predicted octanol–water partition coefficient (Wildman–Crippen LogP) is 5.10. The van der Waals surface area contributed by atoms with Crippen molar-refractivity contribution in [3.8, 4) is 0 Å². The fourth-order valence-electron chi connectivity index (χ4n) is 3.05. The molecule has 3 rings (SSSR count). The molecule has 0 spiro atoms. The number of thiophene rings is 1. The van der Waals surface area contributed by atoms with E-state index in [4.69, 9.17) is 11.6 Å². The molecule has 98 valence electrons. The van der Waals surface area contributed by atoms with Gasteiger partial charge in [-0.05, 0) is 30.5 Å². The van der Waals surface area contributed by atoms with Crippen LogP contribution in [0.2, 0.25) is 4.34 Å². The first-order chi connectivity index (χ1) is 9.22. The molecule has 3 heteroatoms. The second-order valence-corrected chi connectivity index (χ2v) is 6.80. The molecule has 0 unspecified atom stereocenters. The Morgan fingerprint density at radius 1 is 1.05 bits per heavy atom. The van der Waals surface area contributed by atoms with Gasteiger partial charge < -0.3 is 0 Å². The third kappa shape index (κ3) is 2.24. The number of carbonyl (C=O) groups is 1. The van der Waals surface area contributed by atoms with Crippen molar-refractivity contribution in [1.29, 1.82) is 0 Å². The average Bonchev–Trinajstić information content (AvgIpc) is 3.08. The standard InChI is InChI=1S/C16H15ClOS/c17-14-9-8-13(19-14)15(18)16(10-4-5-11-16)12-6-2-1-3-7-12/h1-3,6-9H,4-5,10-11H2. The highest BCUT2D eigenvalue weighted by Gasteiger charge is 2.43. The quantitative estimate of drug-likeness (QED) is 0.719. The summed E-state index contributed by atoms with van der Waals surface area (Å²) in [5, 5.41) is 0. The molecule has 0 amide bonds. The molecule has 1 nitrogen and oxygen atoms in total. The van der Waals surface area contributed by atoms with Gasteiger partial charge in [-0.2, -0.15) is 0 Å². The van der Waals surface area contributed by atoms with E-state index in [1.54, 1.807) is 0 Å². The van der Waals surface area contributed by atoms with Gasteiger partial charge in [0.1, 0.15) is 0 Å². The molecule has 1 aromatic carbocycles. The van der Waals surface area contributed by atoms with E-state index >= 15 is 0 Å².